The fraction of sp³-hybridized carbons (Fsp3) is 0.833. The lowest BCUT2D eigenvalue weighted by Gasteiger charge is -2.25. The van der Waals surface area contributed by atoms with Gasteiger partial charge in [-0.25, -0.2) is 0 Å². The molecule has 1 rings (SSSR count). The van der Waals surface area contributed by atoms with Crippen molar-refractivity contribution in [2.45, 2.75) is 51.6 Å². The summed E-state index contributed by atoms with van der Waals surface area (Å²) in [6.45, 7) is 4.63. The minimum absolute atomic E-state index is 0.00468. The fourth-order valence-electron chi connectivity index (χ4n) is 2.13. The maximum absolute atomic E-state index is 12.0. The highest BCUT2D eigenvalue weighted by Gasteiger charge is 2.31. The number of likely N-dealkylation sites (tertiary alicyclic amines) is 1. The van der Waals surface area contributed by atoms with Gasteiger partial charge in [0, 0.05) is 25.0 Å². The standard InChI is InChI=1S/C12H22N2O3/c1-8(2)10(13)7-11(15)14-5-3-4-9(14)6-12(16)17/h8-10H,3-7,13H2,1-2H3,(H,16,17). The normalized spacial score (nSPS) is 21.9. The van der Waals surface area contributed by atoms with E-state index in [0.29, 0.717) is 13.0 Å². The van der Waals surface area contributed by atoms with Crippen LogP contribution in [-0.2, 0) is 9.59 Å². The van der Waals surface area contributed by atoms with Crippen molar-refractivity contribution in [1.82, 2.24) is 4.90 Å². The second-order valence-corrected chi connectivity index (χ2v) is 5.09. The third kappa shape index (κ3) is 4.00. The van der Waals surface area contributed by atoms with E-state index in [4.69, 9.17) is 10.8 Å². The first-order chi connectivity index (χ1) is 7.91. The average molecular weight is 242 g/mol. The minimum atomic E-state index is -0.845. The summed E-state index contributed by atoms with van der Waals surface area (Å²) in [7, 11) is 0. The predicted octanol–water partition coefficient (Wildman–Crippen LogP) is 0.825. The Morgan fingerprint density at radius 2 is 2.12 bits per heavy atom. The van der Waals surface area contributed by atoms with Crippen LogP contribution in [0.1, 0.15) is 39.5 Å². The van der Waals surface area contributed by atoms with Crippen LogP contribution in [0.15, 0.2) is 0 Å². The van der Waals surface area contributed by atoms with Crippen LogP contribution in [0, 0.1) is 5.92 Å². The Morgan fingerprint density at radius 3 is 2.65 bits per heavy atom. The second-order valence-electron chi connectivity index (χ2n) is 5.09. The molecule has 2 unspecified atom stereocenters. The quantitative estimate of drug-likeness (QED) is 0.747. The van der Waals surface area contributed by atoms with Crippen molar-refractivity contribution in [2.24, 2.45) is 11.7 Å². The Kier molecular flexibility index (Phi) is 4.93. The molecule has 17 heavy (non-hydrogen) atoms. The molecule has 1 amide bonds. The van der Waals surface area contributed by atoms with Crippen molar-refractivity contribution in [3.63, 3.8) is 0 Å². The van der Waals surface area contributed by atoms with Crippen molar-refractivity contribution >= 4 is 11.9 Å². The van der Waals surface area contributed by atoms with E-state index in [0.717, 1.165) is 12.8 Å². The van der Waals surface area contributed by atoms with Crippen LogP contribution in [-0.4, -0.2) is 40.5 Å². The molecule has 0 radical (unpaired) electrons. The maximum Gasteiger partial charge on any atom is 0.305 e. The van der Waals surface area contributed by atoms with Gasteiger partial charge < -0.3 is 15.7 Å². The summed E-state index contributed by atoms with van der Waals surface area (Å²) in [5.74, 6) is -0.586. The van der Waals surface area contributed by atoms with Gasteiger partial charge >= 0.3 is 5.97 Å². The van der Waals surface area contributed by atoms with E-state index in [2.05, 4.69) is 0 Å². The molecule has 3 N–H and O–H groups in total. The van der Waals surface area contributed by atoms with Crippen molar-refractivity contribution < 1.29 is 14.7 Å². The van der Waals surface area contributed by atoms with Gasteiger partial charge in [-0.1, -0.05) is 13.8 Å². The SMILES string of the molecule is CC(C)C(N)CC(=O)N1CCCC1CC(=O)O. The fourth-order valence-corrected chi connectivity index (χ4v) is 2.13. The van der Waals surface area contributed by atoms with Gasteiger partial charge in [0.05, 0.1) is 6.42 Å². The number of nitrogens with zero attached hydrogens (tertiary/aromatic N) is 1. The molecule has 2 atom stereocenters. The Balaban J connectivity index is 2.52. The summed E-state index contributed by atoms with van der Waals surface area (Å²) < 4.78 is 0. The molecule has 1 fully saturated rings. The van der Waals surface area contributed by atoms with Crippen molar-refractivity contribution in [3.05, 3.63) is 0 Å². The molecule has 1 heterocycles. The van der Waals surface area contributed by atoms with Gasteiger partial charge in [0.25, 0.3) is 0 Å². The number of nitrogens with two attached hydrogens (primary N) is 1. The van der Waals surface area contributed by atoms with Gasteiger partial charge in [-0.2, -0.15) is 0 Å². The molecule has 5 nitrogen and oxygen atoms in total. The zero-order valence-electron chi connectivity index (χ0n) is 10.6. The Bertz CT molecular complexity index is 291. The number of aliphatic carboxylic acids is 1. The van der Waals surface area contributed by atoms with E-state index in [-0.39, 0.29) is 30.3 Å². The molecular formula is C12H22N2O3. The first kappa shape index (κ1) is 14.0. The van der Waals surface area contributed by atoms with Crippen LogP contribution in [0.4, 0.5) is 0 Å². The maximum atomic E-state index is 12.0. The summed E-state index contributed by atoms with van der Waals surface area (Å²) in [6.07, 6.45) is 2.03. The number of rotatable bonds is 5. The Labute approximate surface area is 102 Å². The number of carboxylic acids is 1. The van der Waals surface area contributed by atoms with E-state index in [1.807, 2.05) is 13.8 Å². The molecule has 0 bridgehead atoms. The van der Waals surface area contributed by atoms with E-state index in [1.54, 1.807) is 4.90 Å². The summed E-state index contributed by atoms with van der Waals surface area (Å²) in [5.41, 5.74) is 5.87. The van der Waals surface area contributed by atoms with E-state index in [9.17, 15) is 9.59 Å². The lowest BCUT2D eigenvalue weighted by Crippen LogP contribution is -2.41. The highest BCUT2D eigenvalue weighted by molar-refractivity contribution is 5.78. The number of hydrogen-bond donors (Lipinski definition) is 2. The summed E-state index contributed by atoms with van der Waals surface area (Å²) >= 11 is 0. The predicted molar refractivity (Wildman–Crippen MR) is 64.4 cm³/mol. The largest absolute Gasteiger partial charge is 0.481 e. The molecule has 0 spiro atoms. The zero-order chi connectivity index (χ0) is 13.0. The van der Waals surface area contributed by atoms with Gasteiger partial charge in [-0.3, -0.25) is 9.59 Å². The molecule has 1 aliphatic heterocycles. The van der Waals surface area contributed by atoms with Gasteiger partial charge in [-0.05, 0) is 18.8 Å². The number of carboxylic acid groups (broad SMARTS) is 1. The number of hydrogen-bond acceptors (Lipinski definition) is 3. The van der Waals surface area contributed by atoms with Crippen LogP contribution in [0.5, 0.6) is 0 Å². The first-order valence-electron chi connectivity index (χ1n) is 6.18. The van der Waals surface area contributed by atoms with Crippen molar-refractivity contribution in [2.75, 3.05) is 6.54 Å². The number of amides is 1. The van der Waals surface area contributed by atoms with Crippen LogP contribution >= 0.6 is 0 Å². The highest BCUT2D eigenvalue weighted by Crippen LogP contribution is 2.21. The molecular weight excluding hydrogens is 220 g/mol. The van der Waals surface area contributed by atoms with Crippen LogP contribution in [0.2, 0.25) is 0 Å². The molecule has 1 saturated heterocycles. The first-order valence-corrected chi connectivity index (χ1v) is 6.18. The van der Waals surface area contributed by atoms with Gasteiger partial charge in [0.1, 0.15) is 0 Å². The highest BCUT2D eigenvalue weighted by atomic mass is 16.4. The van der Waals surface area contributed by atoms with Crippen molar-refractivity contribution in [1.29, 1.82) is 0 Å². The van der Waals surface area contributed by atoms with Gasteiger partial charge in [0.2, 0.25) is 5.91 Å². The summed E-state index contributed by atoms with van der Waals surface area (Å²) in [4.78, 5) is 24.4. The summed E-state index contributed by atoms with van der Waals surface area (Å²) in [5, 5.41) is 8.78. The second kappa shape index (κ2) is 6.00. The molecule has 5 heteroatoms. The third-order valence-electron chi connectivity index (χ3n) is 3.37. The van der Waals surface area contributed by atoms with Crippen LogP contribution in [0.3, 0.4) is 0 Å². The smallest absolute Gasteiger partial charge is 0.305 e. The zero-order valence-corrected chi connectivity index (χ0v) is 10.6. The molecule has 0 aromatic carbocycles. The minimum Gasteiger partial charge on any atom is -0.481 e. The molecule has 0 aliphatic carbocycles. The molecule has 0 saturated carbocycles. The number of carbonyl (C=O) groups is 2. The van der Waals surface area contributed by atoms with Crippen molar-refractivity contribution in [3.8, 4) is 0 Å². The summed E-state index contributed by atoms with van der Waals surface area (Å²) in [6, 6.07) is -0.284. The van der Waals surface area contributed by atoms with Crippen LogP contribution in [0.25, 0.3) is 0 Å². The average Bonchev–Trinajstić information content (AvgIpc) is 2.64. The number of carbonyl (C=O) groups excluding carboxylic acids is 1. The van der Waals surface area contributed by atoms with Gasteiger partial charge in [0.15, 0.2) is 0 Å². The lowest BCUT2D eigenvalue weighted by molar-refractivity contribution is -0.140. The van der Waals surface area contributed by atoms with E-state index >= 15 is 0 Å². The third-order valence-corrected chi connectivity index (χ3v) is 3.37. The Morgan fingerprint density at radius 1 is 1.47 bits per heavy atom. The van der Waals surface area contributed by atoms with E-state index in [1.165, 1.54) is 0 Å². The van der Waals surface area contributed by atoms with E-state index < -0.39 is 5.97 Å². The molecule has 0 aromatic rings. The molecule has 1 aliphatic rings. The lowest BCUT2D eigenvalue weighted by atomic mass is 10.0. The monoisotopic (exact) mass is 242 g/mol. The molecule has 0 aromatic heterocycles. The van der Waals surface area contributed by atoms with Gasteiger partial charge in [-0.15, -0.1) is 0 Å². The molecule has 98 valence electrons. The van der Waals surface area contributed by atoms with Crippen LogP contribution < -0.4 is 5.73 Å². The Hall–Kier alpha value is -1.10. The topological polar surface area (TPSA) is 83.6 Å².